The molecule has 184 valence electrons. The van der Waals surface area contributed by atoms with Gasteiger partial charge in [-0.3, -0.25) is 0 Å². The molecule has 0 aliphatic carbocycles. The summed E-state index contributed by atoms with van der Waals surface area (Å²) in [6.45, 7) is 4.74. The molecule has 3 aromatic rings. The van der Waals surface area contributed by atoms with Gasteiger partial charge < -0.3 is 4.74 Å². The molecule has 0 bridgehead atoms. The number of carbonyl (C=O) groups excluding carboxylic acids is 1. The number of hydrogen-bond donors (Lipinski definition) is 0. The monoisotopic (exact) mass is 503 g/mol. The van der Waals surface area contributed by atoms with Gasteiger partial charge in [0.25, 0.3) is 0 Å². The van der Waals surface area contributed by atoms with Crippen LogP contribution >= 0.6 is 0 Å². The Kier molecular flexibility index (Phi) is 6.05. The summed E-state index contributed by atoms with van der Waals surface area (Å²) in [4.78, 5) is 12.5. The molecule has 0 fully saturated rings. The van der Waals surface area contributed by atoms with Crippen molar-refractivity contribution in [3.8, 4) is 0 Å². The zero-order chi connectivity index (χ0) is 25.6. The lowest BCUT2D eigenvalue weighted by Gasteiger charge is -2.38. The van der Waals surface area contributed by atoms with Crippen molar-refractivity contribution in [2.75, 3.05) is 0 Å². The van der Waals surface area contributed by atoms with Crippen LogP contribution in [0.5, 0.6) is 0 Å². The van der Waals surface area contributed by atoms with Crippen LogP contribution in [0.2, 0.25) is 0 Å². The van der Waals surface area contributed by atoms with Crippen LogP contribution in [0.4, 0.5) is 13.2 Å². The quantitative estimate of drug-likeness (QED) is 0.425. The van der Waals surface area contributed by atoms with Crippen LogP contribution in [0.3, 0.4) is 0 Å². The zero-order valence-corrected chi connectivity index (χ0v) is 20.2. The second-order valence-electron chi connectivity index (χ2n) is 9.36. The number of halogens is 3. The summed E-state index contributed by atoms with van der Waals surface area (Å²) >= 11 is 0. The number of fused-ring (bicyclic) bond motifs is 1. The lowest BCUT2D eigenvalue weighted by molar-refractivity contribution is -0.303. The molecule has 1 atom stereocenters. The zero-order valence-electron chi connectivity index (χ0n) is 19.3. The molecule has 1 heterocycles. The smallest absolute Gasteiger partial charge is 0.425 e. The van der Waals surface area contributed by atoms with Crippen molar-refractivity contribution < 1.29 is 31.1 Å². The molecule has 0 radical (unpaired) electrons. The summed E-state index contributed by atoms with van der Waals surface area (Å²) in [5, 5.41) is 0. The van der Waals surface area contributed by atoms with Gasteiger partial charge in [-0.25, -0.2) is 13.2 Å². The number of ether oxygens (including phenoxy) is 1. The van der Waals surface area contributed by atoms with E-state index in [4.69, 9.17) is 4.74 Å². The molecule has 1 aliphatic heterocycles. The van der Waals surface area contributed by atoms with Crippen LogP contribution in [0.25, 0.3) is 0 Å². The molecule has 0 N–H and O–H groups in total. The Morgan fingerprint density at radius 1 is 0.914 bits per heavy atom. The van der Waals surface area contributed by atoms with Crippen LogP contribution in [0.1, 0.15) is 47.8 Å². The summed E-state index contributed by atoms with van der Waals surface area (Å²) in [6.07, 6.45) is -5.29. The Hall–Kier alpha value is -3.17. The topological polar surface area (TPSA) is 63.7 Å². The molecule has 3 aromatic carbocycles. The molecule has 1 aliphatic rings. The molecule has 9 heteroatoms. The minimum Gasteiger partial charge on any atom is -0.425 e. The molecule has 0 amide bonds. The van der Waals surface area contributed by atoms with Gasteiger partial charge in [0.2, 0.25) is 10.0 Å². The van der Waals surface area contributed by atoms with Crippen LogP contribution in [-0.4, -0.2) is 24.9 Å². The summed E-state index contributed by atoms with van der Waals surface area (Å²) in [5.41, 5.74) is -4.12. The van der Waals surface area contributed by atoms with E-state index in [1.807, 2.05) is 0 Å². The lowest BCUT2D eigenvalue weighted by atomic mass is 9.84. The fourth-order valence-electron chi connectivity index (χ4n) is 4.08. The van der Waals surface area contributed by atoms with E-state index in [2.05, 4.69) is 0 Å². The molecular formula is C26H24F3NO4S. The average molecular weight is 504 g/mol. The normalized spacial score (nSPS) is 19.8. The third-order valence-corrected chi connectivity index (χ3v) is 7.81. The minimum absolute atomic E-state index is 0.131. The average Bonchev–Trinajstić information content (AvgIpc) is 2.98. The highest BCUT2D eigenvalue weighted by Crippen LogP contribution is 2.55. The lowest BCUT2D eigenvalue weighted by Crippen LogP contribution is -2.56. The number of carbonyl (C=O) groups is 1. The largest absolute Gasteiger partial charge is 0.449 e. The standard InChI is InChI=1S/C26H24F3NO4S/c1-24(2,3)20-14-15-22-21(16-20)25(26(27,28)29,34-23(31)19-12-8-5-9-13-19)30(35(22,32)33)17-18-10-6-4-7-11-18/h4-16H,17H2,1-3H3/t25-/m1/s1. The first kappa shape index (κ1) is 24.9. The molecule has 0 saturated carbocycles. The van der Waals surface area contributed by atoms with E-state index in [9.17, 15) is 13.2 Å². The summed E-state index contributed by atoms with van der Waals surface area (Å²) < 4.78 is 78.0. The Balaban J connectivity index is 2.00. The van der Waals surface area contributed by atoms with Gasteiger partial charge in [-0.2, -0.15) is 13.2 Å². The Labute approximate surface area is 202 Å². The third-order valence-electron chi connectivity index (χ3n) is 5.93. The van der Waals surface area contributed by atoms with Crippen molar-refractivity contribution in [2.45, 2.75) is 49.5 Å². The minimum atomic E-state index is -5.29. The molecule has 0 unspecified atom stereocenters. The molecular weight excluding hydrogens is 479 g/mol. The summed E-state index contributed by atoms with van der Waals surface area (Å²) in [7, 11) is -4.69. The highest BCUT2D eigenvalue weighted by Gasteiger charge is 2.72. The molecule has 4 rings (SSSR count). The fourth-order valence-corrected chi connectivity index (χ4v) is 5.93. The number of hydrogen-bond acceptors (Lipinski definition) is 4. The van der Waals surface area contributed by atoms with E-state index in [0.717, 1.165) is 6.07 Å². The predicted octanol–water partition coefficient (Wildman–Crippen LogP) is 5.76. The van der Waals surface area contributed by atoms with Crippen LogP contribution in [-0.2, 0) is 32.4 Å². The van der Waals surface area contributed by atoms with Crippen molar-refractivity contribution in [1.82, 2.24) is 4.31 Å². The Morgan fingerprint density at radius 3 is 2.03 bits per heavy atom. The number of nitrogens with zero attached hydrogens (tertiary/aromatic N) is 1. The SMILES string of the molecule is CC(C)(C)c1ccc2c(c1)[C@@](OC(=O)c1ccccc1)(C(F)(F)F)N(Cc1ccccc1)S2(=O)=O. The maximum atomic E-state index is 15.1. The number of esters is 1. The van der Waals surface area contributed by atoms with E-state index < -0.39 is 50.3 Å². The second kappa shape index (κ2) is 8.49. The van der Waals surface area contributed by atoms with Gasteiger partial charge in [0.15, 0.2) is 0 Å². The van der Waals surface area contributed by atoms with Crippen LogP contribution in [0.15, 0.2) is 83.8 Å². The molecule has 0 aromatic heterocycles. The van der Waals surface area contributed by atoms with E-state index in [1.165, 1.54) is 48.5 Å². The Morgan fingerprint density at radius 2 is 1.49 bits per heavy atom. The maximum Gasteiger partial charge on any atom is 0.449 e. The van der Waals surface area contributed by atoms with E-state index in [0.29, 0.717) is 11.1 Å². The van der Waals surface area contributed by atoms with Crippen molar-refractivity contribution in [3.05, 3.63) is 101 Å². The first-order valence-corrected chi connectivity index (χ1v) is 12.3. The van der Waals surface area contributed by atoms with Gasteiger partial charge in [-0.15, -0.1) is 4.31 Å². The fraction of sp³-hybridized carbons (Fsp3) is 0.269. The van der Waals surface area contributed by atoms with Crippen LogP contribution < -0.4 is 0 Å². The second-order valence-corrected chi connectivity index (χ2v) is 11.2. The van der Waals surface area contributed by atoms with Gasteiger partial charge in [0.05, 0.1) is 10.5 Å². The third kappa shape index (κ3) is 4.23. The summed E-state index contributed by atoms with van der Waals surface area (Å²) in [5.74, 6) is -1.29. The van der Waals surface area contributed by atoms with Crippen molar-refractivity contribution >= 4 is 16.0 Å². The van der Waals surface area contributed by atoms with E-state index in [1.54, 1.807) is 45.0 Å². The number of benzene rings is 3. The van der Waals surface area contributed by atoms with Crippen LogP contribution in [0, 0.1) is 0 Å². The first-order chi connectivity index (χ1) is 16.3. The van der Waals surface area contributed by atoms with Gasteiger partial charge in [0.1, 0.15) is 0 Å². The Bertz CT molecular complexity index is 1350. The van der Waals surface area contributed by atoms with Gasteiger partial charge in [-0.1, -0.05) is 75.4 Å². The van der Waals surface area contributed by atoms with E-state index in [-0.39, 0.29) is 9.87 Å². The number of sulfonamides is 1. The molecule has 0 saturated heterocycles. The van der Waals surface area contributed by atoms with Crippen molar-refractivity contribution in [3.63, 3.8) is 0 Å². The van der Waals surface area contributed by atoms with E-state index >= 15 is 13.2 Å². The number of alkyl halides is 3. The highest BCUT2D eigenvalue weighted by atomic mass is 32.2. The molecule has 0 spiro atoms. The maximum absolute atomic E-state index is 15.1. The van der Waals surface area contributed by atoms with Crippen molar-refractivity contribution in [1.29, 1.82) is 0 Å². The molecule has 5 nitrogen and oxygen atoms in total. The van der Waals surface area contributed by atoms with Gasteiger partial charge >= 0.3 is 17.9 Å². The highest BCUT2D eigenvalue weighted by molar-refractivity contribution is 7.89. The van der Waals surface area contributed by atoms with Gasteiger partial charge in [0, 0.05) is 12.1 Å². The first-order valence-electron chi connectivity index (χ1n) is 10.9. The number of rotatable bonds is 4. The predicted molar refractivity (Wildman–Crippen MR) is 124 cm³/mol. The summed E-state index contributed by atoms with van der Waals surface area (Å²) in [6, 6.07) is 18.9. The van der Waals surface area contributed by atoms with Gasteiger partial charge in [-0.05, 0) is 40.8 Å². The van der Waals surface area contributed by atoms with Crippen molar-refractivity contribution in [2.24, 2.45) is 0 Å². The molecule has 35 heavy (non-hydrogen) atoms.